The molecule has 4 heteroatoms. The quantitative estimate of drug-likeness (QED) is 0.877. The van der Waals surface area contributed by atoms with Crippen LogP contribution in [0.25, 0.3) is 0 Å². The van der Waals surface area contributed by atoms with Crippen LogP contribution in [-0.4, -0.2) is 18.1 Å². The molecule has 2 aromatic rings. The molecule has 1 aromatic carbocycles. The zero-order chi connectivity index (χ0) is 13.9. The Hall–Kier alpha value is -1.81. The lowest BCUT2D eigenvalue weighted by Gasteiger charge is -2.14. The van der Waals surface area contributed by atoms with Gasteiger partial charge in [-0.25, -0.2) is 0 Å². The lowest BCUT2D eigenvalue weighted by atomic mass is 10.1. The molecule has 1 aliphatic rings. The van der Waals surface area contributed by atoms with Crippen LogP contribution in [0.5, 0.6) is 0 Å². The molecule has 0 unspecified atom stereocenters. The number of hydrogen-bond acceptors (Lipinski definition) is 4. The third kappa shape index (κ3) is 3.39. The van der Waals surface area contributed by atoms with Gasteiger partial charge in [0.05, 0.1) is 5.69 Å². The van der Waals surface area contributed by atoms with Crippen molar-refractivity contribution >= 4 is 6.01 Å². The summed E-state index contributed by atoms with van der Waals surface area (Å²) in [7, 11) is 2.01. The molecule has 20 heavy (non-hydrogen) atoms. The van der Waals surface area contributed by atoms with E-state index in [1.807, 2.05) is 11.9 Å². The van der Waals surface area contributed by atoms with Crippen LogP contribution in [0.15, 0.2) is 34.9 Å². The van der Waals surface area contributed by atoms with Gasteiger partial charge in [0.2, 0.25) is 0 Å². The normalized spacial score (nSPS) is 14.5. The number of oxazole rings is 1. The molecule has 1 saturated carbocycles. The van der Waals surface area contributed by atoms with Crippen LogP contribution in [-0.2, 0) is 13.1 Å². The highest BCUT2D eigenvalue weighted by atomic mass is 16.4. The molecule has 1 fully saturated rings. The first-order valence-corrected chi connectivity index (χ1v) is 7.15. The van der Waals surface area contributed by atoms with Gasteiger partial charge in [0.1, 0.15) is 6.26 Å². The average molecular weight is 271 g/mol. The van der Waals surface area contributed by atoms with Crippen LogP contribution in [0.2, 0.25) is 0 Å². The second-order valence-corrected chi connectivity index (χ2v) is 5.62. The summed E-state index contributed by atoms with van der Waals surface area (Å²) in [6.07, 6.45) is 4.33. The van der Waals surface area contributed by atoms with Gasteiger partial charge in [-0.3, -0.25) is 0 Å². The van der Waals surface area contributed by atoms with Crippen LogP contribution < -0.4 is 10.2 Å². The van der Waals surface area contributed by atoms with Gasteiger partial charge in [-0.05, 0) is 25.3 Å². The van der Waals surface area contributed by atoms with E-state index in [2.05, 4.69) is 41.5 Å². The first kappa shape index (κ1) is 13.2. The molecule has 0 saturated heterocycles. The number of hydrogen-bond donors (Lipinski definition) is 1. The Balaban J connectivity index is 1.59. The van der Waals surface area contributed by atoms with Gasteiger partial charge in [-0.1, -0.05) is 29.8 Å². The van der Waals surface area contributed by atoms with E-state index in [-0.39, 0.29) is 0 Å². The number of aryl methyl sites for hydroxylation is 1. The zero-order valence-electron chi connectivity index (χ0n) is 12.1. The molecule has 3 rings (SSSR count). The fourth-order valence-electron chi connectivity index (χ4n) is 2.24. The molecule has 0 bridgehead atoms. The maximum Gasteiger partial charge on any atom is 0.297 e. The predicted molar refractivity (Wildman–Crippen MR) is 79.7 cm³/mol. The fraction of sp³-hybridized carbons (Fsp3) is 0.438. The van der Waals surface area contributed by atoms with E-state index in [1.54, 1.807) is 6.26 Å². The van der Waals surface area contributed by atoms with Gasteiger partial charge in [-0.2, -0.15) is 4.98 Å². The van der Waals surface area contributed by atoms with Gasteiger partial charge in [0.25, 0.3) is 6.01 Å². The summed E-state index contributed by atoms with van der Waals surface area (Å²) in [4.78, 5) is 6.56. The molecular formula is C16H21N3O. The summed E-state index contributed by atoms with van der Waals surface area (Å²) in [6.45, 7) is 3.71. The Bertz CT molecular complexity index is 575. The molecule has 0 amide bonds. The van der Waals surface area contributed by atoms with Crippen LogP contribution in [0.4, 0.5) is 6.01 Å². The number of rotatable bonds is 6. The van der Waals surface area contributed by atoms with E-state index in [0.717, 1.165) is 18.8 Å². The fourth-order valence-corrected chi connectivity index (χ4v) is 2.24. The lowest BCUT2D eigenvalue weighted by Crippen LogP contribution is -2.18. The second kappa shape index (κ2) is 5.67. The number of aromatic nitrogens is 1. The standard InChI is InChI=1S/C16H21N3O/c1-12-4-3-5-13(8-12)10-19(2)16-18-15(11-20-16)9-17-14-6-7-14/h3-5,8,11,14,17H,6-7,9-10H2,1-2H3. The van der Waals surface area contributed by atoms with Gasteiger partial charge in [-0.15, -0.1) is 0 Å². The average Bonchev–Trinajstić information content (AvgIpc) is 3.13. The van der Waals surface area contributed by atoms with E-state index >= 15 is 0 Å². The molecule has 1 N–H and O–H groups in total. The zero-order valence-corrected chi connectivity index (χ0v) is 12.1. The summed E-state index contributed by atoms with van der Waals surface area (Å²) in [5, 5.41) is 3.44. The van der Waals surface area contributed by atoms with Crippen molar-refractivity contribution in [2.75, 3.05) is 11.9 Å². The van der Waals surface area contributed by atoms with E-state index in [0.29, 0.717) is 12.1 Å². The number of nitrogens with one attached hydrogen (secondary N) is 1. The Morgan fingerprint density at radius 3 is 3.00 bits per heavy atom. The van der Waals surface area contributed by atoms with Gasteiger partial charge in [0, 0.05) is 26.2 Å². The molecule has 0 aliphatic heterocycles. The minimum Gasteiger partial charge on any atom is -0.432 e. The maximum atomic E-state index is 5.56. The molecule has 1 aliphatic carbocycles. The van der Waals surface area contributed by atoms with Crippen LogP contribution in [0.3, 0.4) is 0 Å². The largest absolute Gasteiger partial charge is 0.432 e. The first-order valence-electron chi connectivity index (χ1n) is 7.15. The van der Waals surface area contributed by atoms with Crippen molar-refractivity contribution in [3.63, 3.8) is 0 Å². The van der Waals surface area contributed by atoms with Crippen molar-refractivity contribution < 1.29 is 4.42 Å². The number of benzene rings is 1. The highest BCUT2D eigenvalue weighted by molar-refractivity contribution is 5.30. The summed E-state index contributed by atoms with van der Waals surface area (Å²) in [6, 6.07) is 9.88. The molecular weight excluding hydrogens is 250 g/mol. The van der Waals surface area contributed by atoms with Crippen molar-refractivity contribution in [1.82, 2.24) is 10.3 Å². The SMILES string of the molecule is Cc1cccc(CN(C)c2nc(CNC3CC3)co2)c1. The van der Waals surface area contributed by atoms with Gasteiger partial charge < -0.3 is 14.6 Å². The van der Waals surface area contributed by atoms with Crippen molar-refractivity contribution in [1.29, 1.82) is 0 Å². The minimum atomic E-state index is 0.680. The van der Waals surface area contributed by atoms with Gasteiger partial charge in [0.15, 0.2) is 0 Å². The van der Waals surface area contributed by atoms with E-state index < -0.39 is 0 Å². The van der Waals surface area contributed by atoms with E-state index in [9.17, 15) is 0 Å². The topological polar surface area (TPSA) is 41.3 Å². The highest BCUT2D eigenvalue weighted by Gasteiger charge is 2.20. The third-order valence-corrected chi connectivity index (χ3v) is 3.52. The monoisotopic (exact) mass is 271 g/mol. The van der Waals surface area contributed by atoms with Crippen LogP contribution >= 0.6 is 0 Å². The molecule has 0 radical (unpaired) electrons. The minimum absolute atomic E-state index is 0.680. The predicted octanol–water partition coefficient (Wildman–Crippen LogP) is 2.87. The summed E-state index contributed by atoms with van der Waals surface area (Å²) >= 11 is 0. The van der Waals surface area contributed by atoms with Crippen molar-refractivity contribution in [2.24, 2.45) is 0 Å². The lowest BCUT2D eigenvalue weighted by molar-refractivity contribution is 0.542. The molecule has 0 atom stereocenters. The number of nitrogens with zero attached hydrogens (tertiary/aromatic N) is 2. The number of anilines is 1. The van der Waals surface area contributed by atoms with Crippen molar-refractivity contribution in [3.05, 3.63) is 47.3 Å². The summed E-state index contributed by atoms with van der Waals surface area (Å²) in [5.41, 5.74) is 3.52. The van der Waals surface area contributed by atoms with Crippen LogP contribution in [0.1, 0.15) is 29.7 Å². The molecule has 1 aromatic heterocycles. The molecule has 106 valence electrons. The Morgan fingerprint density at radius 1 is 1.40 bits per heavy atom. The first-order chi connectivity index (χ1) is 9.70. The highest BCUT2D eigenvalue weighted by Crippen LogP contribution is 2.20. The molecule has 4 nitrogen and oxygen atoms in total. The van der Waals surface area contributed by atoms with Gasteiger partial charge >= 0.3 is 0 Å². The Kier molecular flexibility index (Phi) is 3.74. The Morgan fingerprint density at radius 2 is 2.25 bits per heavy atom. The third-order valence-electron chi connectivity index (χ3n) is 3.52. The molecule has 0 spiro atoms. The smallest absolute Gasteiger partial charge is 0.297 e. The summed E-state index contributed by atoms with van der Waals surface area (Å²) in [5.74, 6) is 0. The van der Waals surface area contributed by atoms with Crippen molar-refractivity contribution in [3.8, 4) is 0 Å². The summed E-state index contributed by atoms with van der Waals surface area (Å²) < 4.78 is 5.56. The maximum absolute atomic E-state index is 5.56. The van der Waals surface area contributed by atoms with E-state index in [1.165, 1.54) is 24.0 Å². The van der Waals surface area contributed by atoms with Crippen LogP contribution in [0, 0.1) is 6.92 Å². The van der Waals surface area contributed by atoms with Crippen molar-refractivity contribution in [2.45, 2.75) is 38.9 Å². The second-order valence-electron chi connectivity index (χ2n) is 5.62. The Labute approximate surface area is 119 Å². The molecule has 1 heterocycles. The van der Waals surface area contributed by atoms with E-state index in [4.69, 9.17) is 4.42 Å².